The lowest BCUT2D eigenvalue weighted by molar-refractivity contribution is -0.119. The van der Waals surface area contributed by atoms with Gasteiger partial charge in [-0.1, -0.05) is 23.7 Å². The van der Waals surface area contributed by atoms with Crippen molar-refractivity contribution in [1.82, 2.24) is 5.32 Å². The van der Waals surface area contributed by atoms with Crippen molar-refractivity contribution in [2.75, 3.05) is 5.32 Å². The van der Waals surface area contributed by atoms with Crippen molar-refractivity contribution in [3.8, 4) is 0 Å². The predicted molar refractivity (Wildman–Crippen MR) is 106 cm³/mol. The van der Waals surface area contributed by atoms with E-state index < -0.39 is 5.97 Å². The molecule has 24 heavy (non-hydrogen) atoms. The molecular formula is C16H12ClIN2O3S. The number of carboxylic acids is 1. The van der Waals surface area contributed by atoms with E-state index in [1.54, 1.807) is 36.4 Å². The number of hydrogen-bond acceptors (Lipinski definition) is 3. The van der Waals surface area contributed by atoms with Crippen molar-refractivity contribution in [3.63, 3.8) is 0 Å². The van der Waals surface area contributed by atoms with E-state index in [9.17, 15) is 14.7 Å². The van der Waals surface area contributed by atoms with Gasteiger partial charge in [-0.2, -0.15) is 0 Å². The van der Waals surface area contributed by atoms with Gasteiger partial charge in [0.1, 0.15) is 0 Å². The smallest absolute Gasteiger partial charge is 0.337 e. The van der Waals surface area contributed by atoms with Crippen LogP contribution in [0.3, 0.4) is 0 Å². The minimum absolute atomic E-state index is 0.0395. The summed E-state index contributed by atoms with van der Waals surface area (Å²) < 4.78 is 0.785. The number of carbonyl (C=O) groups excluding carboxylic acids is 1. The molecule has 0 saturated heterocycles. The number of anilines is 1. The molecule has 2 aromatic carbocycles. The number of halogens is 2. The Labute approximate surface area is 162 Å². The van der Waals surface area contributed by atoms with Crippen LogP contribution in [0.15, 0.2) is 42.5 Å². The van der Waals surface area contributed by atoms with Gasteiger partial charge in [-0.25, -0.2) is 4.79 Å². The van der Waals surface area contributed by atoms with E-state index in [0.717, 1.165) is 9.13 Å². The monoisotopic (exact) mass is 474 g/mol. The molecular weight excluding hydrogens is 463 g/mol. The Hall–Kier alpha value is -1.71. The quantitative estimate of drug-likeness (QED) is 0.465. The van der Waals surface area contributed by atoms with Crippen LogP contribution < -0.4 is 10.6 Å². The molecule has 124 valence electrons. The Bertz CT molecular complexity index is 796. The number of carbonyl (C=O) groups is 2. The summed E-state index contributed by atoms with van der Waals surface area (Å²) in [6.45, 7) is 0. The first kappa shape index (κ1) is 18.6. The van der Waals surface area contributed by atoms with Gasteiger partial charge in [0, 0.05) is 8.59 Å². The van der Waals surface area contributed by atoms with Crippen molar-refractivity contribution >= 4 is 69.1 Å². The second-order valence-corrected chi connectivity index (χ2v) is 6.89. The van der Waals surface area contributed by atoms with Gasteiger partial charge in [-0.05, 0) is 70.7 Å². The van der Waals surface area contributed by atoms with E-state index in [1.165, 1.54) is 6.07 Å². The van der Waals surface area contributed by atoms with Crippen molar-refractivity contribution in [1.29, 1.82) is 0 Å². The van der Waals surface area contributed by atoms with Crippen LogP contribution in [0.1, 0.15) is 15.9 Å². The second-order valence-electron chi connectivity index (χ2n) is 4.80. The summed E-state index contributed by atoms with van der Waals surface area (Å²) in [4.78, 5) is 23.2. The van der Waals surface area contributed by atoms with Crippen LogP contribution in [0.4, 0.5) is 5.69 Å². The first-order valence-electron chi connectivity index (χ1n) is 6.73. The molecule has 0 aliphatic rings. The van der Waals surface area contributed by atoms with Crippen LogP contribution >= 0.6 is 46.4 Å². The van der Waals surface area contributed by atoms with Crippen molar-refractivity contribution in [2.45, 2.75) is 6.42 Å². The van der Waals surface area contributed by atoms with E-state index in [4.69, 9.17) is 23.8 Å². The number of nitrogens with one attached hydrogen (secondary N) is 2. The Kier molecular flexibility index (Phi) is 6.52. The van der Waals surface area contributed by atoms with Gasteiger partial charge in [0.25, 0.3) is 0 Å². The second kappa shape index (κ2) is 8.41. The van der Waals surface area contributed by atoms with Gasteiger partial charge in [0.15, 0.2) is 5.11 Å². The number of benzene rings is 2. The van der Waals surface area contributed by atoms with Gasteiger partial charge >= 0.3 is 5.97 Å². The van der Waals surface area contributed by atoms with Gasteiger partial charge < -0.3 is 15.7 Å². The summed E-state index contributed by atoms with van der Waals surface area (Å²) in [7, 11) is 0. The predicted octanol–water partition coefficient (Wildman–Crippen LogP) is 3.70. The molecule has 1 amide bonds. The maximum absolute atomic E-state index is 12.0. The molecule has 0 aromatic heterocycles. The maximum Gasteiger partial charge on any atom is 0.337 e. The molecule has 2 rings (SSSR count). The molecule has 0 radical (unpaired) electrons. The highest BCUT2D eigenvalue weighted by atomic mass is 127. The van der Waals surface area contributed by atoms with Crippen molar-refractivity contribution in [3.05, 3.63) is 62.2 Å². The van der Waals surface area contributed by atoms with Crippen LogP contribution in [-0.2, 0) is 11.2 Å². The number of thiocarbonyl (C=S) groups is 1. The molecule has 0 unspecified atom stereocenters. The molecule has 3 N–H and O–H groups in total. The fourth-order valence-corrected chi connectivity index (χ4v) is 2.76. The Morgan fingerprint density at radius 1 is 1.17 bits per heavy atom. The summed E-state index contributed by atoms with van der Waals surface area (Å²) in [6, 6.07) is 11.8. The highest BCUT2D eigenvalue weighted by Crippen LogP contribution is 2.19. The molecule has 0 aliphatic carbocycles. The number of hydrogen-bond donors (Lipinski definition) is 3. The lowest BCUT2D eigenvalue weighted by Crippen LogP contribution is -2.35. The van der Waals surface area contributed by atoms with E-state index >= 15 is 0 Å². The van der Waals surface area contributed by atoms with Crippen LogP contribution in [0.25, 0.3) is 0 Å². The average Bonchev–Trinajstić information content (AvgIpc) is 2.51. The Balaban J connectivity index is 1.99. The highest BCUT2D eigenvalue weighted by molar-refractivity contribution is 14.1. The van der Waals surface area contributed by atoms with Crippen LogP contribution in [0, 0.1) is 3.57 Å². The molecule has 0 heterocycles. The molecule has 0 atom stereocenters. The molecule has 0 saturated carbocycles. The van der Waals surface area contributed by atoms with E-state index in [1.807, 2.05) is 22.6 Å². The normalized spacial score (nSPS) is 10.1. The average molecular weight is 475 g/mol. The molecule has 8 heteroatoms. The van der Waals surface area contributed by atoms with Crippen LogP contribution in [-0.4, -0.2) is 22.1 Å². The van der Waals surface area contributed by atoms with Gasteiger partial charge in [0.05, 0.1) is 17.7 Å². The first-order chi connectivity index (χ1) is 11.3. The largest absolute Gasteiger partial charge is 0.478 e. The lowest BCUT2D eigenvalue weighted by atomic mass is 10.1. The zero-order valence-electron chi connectivity index (χ0n) is 12.2. The van der Waals surface area contributed by atoms with Crippen molar-refractivity contribution in [2.24, 2.45) is 0 Å². The fraction of sp³-hybridized carbons (Fsp3) is 0.0625. The zero-order valence-corrected chi connectivity index (χ0v) is 15.9. The third-order valence-corrected chi connectivity index (χ3v) is 4.12. The molecule has 0 bridgehead atoms. The van der Waals surface area contributed by atoms with Gasteiger partial charge in [0.2, 0.25) is 5.91 Å². The Morgan fingerprint density at radius 2 is 1.83 bits per heavy atom. The van der Waals surface area contributed by atoms with Crippen LogP contribution in [0.5, 0.6) is 0 Å². The third-order valence-electron chi connectivity index (χ3n) is 2.99. The highest BCUT2D eigenvalue weighted by Gasteiger charge is 2.13. The molecule has 0 aliphatic heterocycles. The summed E-state index contributed by atoms with van der Waals surface area (Å²) >= 11 is 12.9. The topological polar surface area (TPSA) is 78.4 Å². The summed E-state index contributed by atoms with van der Waals surface area (Å²) in [5.41, 5.74) is 1.19. The fourth-order valence-electron chi connectivity index (χ4n) is 1.91. The minimum atomic E-state index is -1.08. The molecule has 0 fully saturated rings. The molecule has 5 nitrogen and oxygen atoms in total. The SMILES string of the molecule is O=C(Cc1ccc(Cl)cc1)NC(=S)Nc1ccc(I)cc1C(=O)O. The number of carboxylic acid groups (broad SMARTS) is 1. The minimum Gasteiger partial charge on any atom is -0.478 e. The third kappa shape index (κ3) is 5.43. The van der Waals surface area contributed by atoms with E-state index in [-0.39, 0.29) is 23.0 Å². The number of amides is 1. The van der Waals surface area contributed by atoms with Crippen molar-refractivity contribution < 1.29 is 14.7 Å². The standard InChI is InChI=1S/C16H12ClIN2O3S/c17-10-3-1-9(2-4-10)7-14(21)20-16(24)19-13-6-5-11(18)8-12(13)15(22)23/h1-6,8H,7H2,(H,22,23)(H2,19,20,21,24). The summed E-state index contributed by atoms with van der Waals surface area (Å²) in [6.07, 6.45) is 0.136. The Morgan fingerprint density at radius 3 is 2.46 bits per heavy atom. The number of rotatable bonds is 4. The van der Waals surface area contributed by atoms with Gasteiger partial charge in [-0.3, -0.25) is 4.79 Å². The van der Waals surface area contributed by atoms with Gasteiger partial charge in [-0.15, -0.1) is 0 Å². The van der Waals surface area contributed by atoms with E-state index in [0.29, 0.717) is 10.7 Å². The summed E-state index contributed by atoms with van der Waals surface area (Å²) in [5.74, 6) is -1.39. The zero-order chi connectivity index (χ0) is 17.7. The number of aromatic carboxylic acids is 1. The first-order valence-corrected chi connectivity index (χ1v) is 8.60. The maximum atomic E-state index is 12.0. The lowest BCUT2D eigenvalue weighted by Gasteiger charge is -2.12. The van der Waals surface area contributed by atoms with Crippen LogP contribution in [0.2, 0.25) is 5.02 Å². The molecule has 0 spiro atoms. The van der Waals surface area contributed by atoms with E-state index in [2.05, 4.69) is 10.6 Å². The molecule has 2 aromatic rings. The summed E-state index contributed by atoms with van der Waals surface area (Å²) in [5, 5.41) is 15.1.